The number of aliphatic hydroxyl groups is 7. The van der Waals surface area contributed by atoms with Gasteiger partial charge in [-0.15, -0.1) is 0 Å². The maximum Gasteiger partial charge on any atom is 0.261 e. The van der Waals surface area contributed by atoms with E-state index in [0.29, 0.717) is 0 Å². The van der Waals surface area contributed by atoms with Crippen molar-refractivity contribution < 1.29 is 40.2 Å². The van der Waals surface area contributed by atoms with Crippen molar-refractivity contribution in [2.24, 2.45) is 10.8 Å². The molecule has 2 rings (SSSR count). The summed E-state index contributed by atoms with van der Waals surface area (Å²) in [4.78, 5) is 0. The topological polar surface area (TPSA) is 151 Å². The van der Waals surface area contributed by atoms with Gasteiger partial charge in [-0.25, -0.2) is 0 Å². The zero-order valence-corrected chi connectivity index (χ0v) is 21.7. The van der Waals surface area contributed by atoms with Gasteiger partial charge >= 0.3 is 0 Å². The highest BCUT2D eigenvalue weighted by Crippen LogP contribution is 2.39. The lowest BCUT2D eigenvalue weighted by molar-refractivity contribution is -0.183. The van der Waals surface area contributed by atoms with Gasteiger partial charge < -0.3 is 40.2 Å². The molecule has 196 valence electrons. The summed E-state index contributed by atoms with van der Waals surface area (Å²) in [5.41, 5.74) is -3.59. The van der Waals surface area contributed by atoms with E-state index in [2.05, 4.69) is 20.8 Å². The molecule has 8 nitrogen and oxygen atoms in total. The first-order valence-corrected chi connectivity index (χ1v) is 13.6. The minimum Gasteiger partial charge on any atom is -0.407 e. The maximum atomic E-state index is 11.1. The molecule has 0 radical (unpaired) electrons. The molecule has 0 aliphatic carbocycles. The first kappa shape index (κ1) is 29.6. The van der Waals surface area contributed by atoms with Gasteiger partial charge in [0.05, 0.1) is 56.1 Å². The van der Waals surface area contributed by atoms with Crippen LogP contribution < -0.4 is 10.4 Å². The predicted molar refractivity (Wildman–Crippen MR) is 136 cm³/mol. The SMILES string of the molecule is CC(C)(C)[Si](OCC(CO)(CO)C(O)C(O)C(CO)(CO)CO)(c1ccccc1)c1ccccc1. The van der Waals surface area contributed by atoms with Crippen molar-refractivity contribution in [3.8, 4) is 0 Å². The van der Waals surface area contributed by atoms with Gasteiger partial charge in [-0.1, -0.05) is 81.4 Å². The number of hydrogen-bond acceptors (Lipinski definition) is 8. The van der Waals surface area contributed by atoms with Gasteiger partial charge in [0, 0.05) is 6.61 Å². The van der Waals surface area contributed by atoms with Crippen molar-refractivity contribution in [2.75, 3.05) is 39.6 Å². The Morgan fingerprint density at radius 1 is 0.629 bits per heavy atom. The van der Waals surface area contributed by atoms with Crippen LogP contribution in [0.2, 0.25) is 5.04 Å². The Hall–Kier alpha value is -1.66. The van der Waals surface area contributed by atoms with Crippen molar-refractivity contribution >= 4 is 18.7 Å². The van der Waals surface area contributed by atoms with Crippen LogP contribution in [0.4, 0.5) is 0 Å². The van der Waals surface area contributed by atoms with E-state index in [1.54, 1.807) is 0 Å². The molecule has 0 heterocycles. The van der Waals surface area contributed by atoms with Gasteiger partial charge in [-0.2, -0.15) is 0 Å². The predicted octanol–water partition coefficient (Wildman–Crippen LogP) is -0.781. The van der Waals surface area contributed by atoms with Crippen LogP contribution in [0.3, 0.4) is 0 Å². The molecule has 2 aromatic rings. The van der Waals surface area contributed by atoms with Gasteiger partial charge in [0.25, 0.3) is 8.32 Å². The van der Waals surface area contributed by atoms with Gasteiger partial charge in [-0.05, 0) is 15.4 Å². The average molecular weight is 509 g/mol. The lowest BCUT2D eigenvalue weighted by Crippen LogP contribution is -2.68. The summed E-state index contributed by atoms with van der Waals surface area (Å²) in [5, 5.41) is 73.3. The zero-order valence-electron chi connectivity index (χ0n) is 20.7. The summed E-state index contributed by atoms with van der Waals surface area (Å²) in [6.07, 6.45) is -3.69. The Labute approximate surface area is 208 Å². The first-order valence-electron chi connectivity index (χ1n) is 11.7. The zero-order chi connectivity index (χ0) is 26.3. The van der Waals surface area contributed by atoms with Crippen LogP contribution in [0.1, 0.15) is 20.8 Å². The molecule has 0 bridgehead atoms. The Bertz CT molecular complexity index is 831. The molecule has 0 aromatic heterocycles. The van der Waals surface area contributed by atoms with Gasteiger partial charge in [0.2, 0.25) is 0 Å². The second-order valence-electron chi connectivity index (χ2n) is 10.4. The van der Waals surface area contributed by atoms with Crippen molar-refractivity contribution in [2.45, 2.75) is 38.0 Å². The minimum atomic E-state index is -3.11. The molecule has 9 heteroatoms. The average Bonchev–Trinajstić information content (AvgIpc) is 2.88. The summed E-state index contributed by atoms with van der Waals surface area (Å²) in [5.74, 6) is 0. The standard InChI is InChI=1S/C26H40O8Si/c1-24(2,3)35(20-10-6-4-7-11-20,21-12-8-5-9-13-21)34-19-26(17-30,18-31)23(33)22(32)25(14-27,15-28)16-29/h4-13,22-23,27-33H,14-19H2,1-3H3. The molecular formula is C26H40O8Si. The summed E-state index contributed by atoms with van der Waals surface area (Å²) in [6.45, 7) is 1.87. The summed E-state index contributed by atoms with van der Waals surface area (Å²) >= 11 is 0. The molecule has 2 unspecified atom stereocenters. The summed E-state index contributed by atoms with van der Waals surface area (Å²) in [6, 6.07) is 19.4. The van der Waals surface area contributed by atoms with E-state index in [-0.39, 0.29) is 6.61 Å². The highest BCUT2D eigenvalue weighted by molar-refractivity contribution is 6.99. The maximum absolute atomic E-state index is 11.1. The number of benzene rings is 2. The van der Waals surface area contributed by atoms with E-state index in [0.717, 1.165) is 10.4 Å². The Kier molecular flexibility index (Phi) is 10.2. The lowest BCUT2D eigenvalue weighted by atomic mass is 9.72. The second kappa shape index (κ2) is 12.0. The third-order valence-corrected chi connectivity index (χ3v) is 12.1. The van der Waals surface area contributed by atoms with Crippen LogP contribution in [0.25, 0.3) is 0 Å². The van der Waals surface area contributed by atoms with Crippen molar-refractivity contribution in [1.82, 2.24) is 0 Å². The summed E-state index contributed by atoms with van der Waals surface area (Å²) < 4.78 is 6.76. The molecule has 0 aliphatic heterocycles. The lowest BCUT2D eigenvalue weighted by Gasteiger charge is -2.47. The van der Waals surface area contributed by atoms with Gasteiger partial charge in [0.1, 0.15) is 0 Å². The molecule has 0 saturated heterocycles. The fourth-order valence-corrected chi connectivity index (χ4v) is 9.19. The van der Waals surface area contributed by atoms with Crippen molar-refractivity contribution in [3.05, 3.63) is 60.7 Å². The number of hydrogen-bond donors (Lipinski definition) is 7. The van der Waals surface area contributed by atoms with Crippen molar-refractivity contribution in [3.63, 3.8) is 0 Å². The fraction of sp³-hybridized carbons (Fsp3) is 0.538. The smallest absolute Gasteiger partial charge is 0.261 e. The minimum absolute atomic E-state index is 0.329. The molecule has 0 spiro atoms. The molecule has 7 N–H and O–H groups in total. The fourth-order valence-electron chi connectivity index (χ4n) is 4.53. The Balaban J connectivity index is 2.61. The monoisotopic (exact) mass is 508 g/mol. The van der Waals surface area contributed by atoms with E-state index in [4.69, 9.17) is 4.43 Å². The van der Waals surface area contributed by atoms with E-state index in [9.17, 15) is 35.7 Å². The van der Waals surface area contributed by atoms with Crippen LogP contribution in [-0.4, -0.2) is 95.9 Å². The quantitative estimate of drug-likeness (QED) is 0.174. The Morgan fingerprint density at radius 3 is 1.29 bits per heavy atom. The third kappa shape index (κ3) is 5.53. The molecule has 35 heavy (non-hydrogen) atoms. The van der Waals surface area contributed by atoms with Crippen LogP contribution in [0.5, 0.6) is 0 Å². The van der Waals surface area contributed by atoms with E-state index < -0.39 is 69.4 Å². The highest BCUT2D eigenvalue weighted by atomic mass is 28.4. The van der Waals surface area contributed by atoms with Gasteiger partial charge in [-0.3, -0.25) is 0 Å². The van der Waals surface area contributed by atoms with Crippen molar-refractivity contribution in [1.29, 1.82) is 0 Å². The van der Waals surface area contributed by atoms with Gasteiger partial charge in [0.15, 0.2) is 0 Å². The first-order chi connectivity index (χ1) is 16.5. The summed E-state index contributed by atoms with van der Waals surface area (Å²) in [7, 11) is -3.11. The molecule has 0 saturated carbocycles. The third-order valence-electron chi connectivity index (χ3n) is 7.12. The molecule has 0 fully saturated rings. The normalized spacial score (nSPS) is 15.1. The largest absolute Gasteiger partial charge is 0.407 e. The number of rotatable bonds is 13. The molecule has 2 atom stereocenters. The second-order valence-corrected chi connectivity index (χ2v) is 14.7. The van der Waals surface area contributed by atoms with E-state index in [1.807, 2.05) is 60.7 Å². The van der Waals surface area contributed by atoms with Crippen LogP contribution >= 0.6 is 0 Å². The molecule has 0 aliphatic rings. The molecular weight excluding hydrogens is 468 g/mol. The van der Waals surface area contributed by atoms with Crippen LogP contribution in [0.15, 0.2) is 60.7 Å². The van der Waals surface area contributed by atoms with Crippen LogP contribution in [-0.2, 0) is 4.43 Å². The highest BCUT2D eigenvalue weighted by Gasteiger charge is 2.54. The Morgan fingerprint density at radius 2 is 0.971 bits per heavy atom. The number of aliphatic hydroxyl groups excluding tert-OH is 7. The van der Waals surface area contributed by atoms with Crippen LogP contribution in [0, 0.1) is 10.8 Å². The van der Waals surface area contributed by atoms with E-state index >= 15 is 0 Å². The molecule has 0 amide bonds. The molecule has 2 aromatic carbocycles. The van der Waals surface area contributed by atoms with E-state index in [1.165, 1.54) is 0 Å².